The van der Waals surface area contributed by atoms with Gasteiger partial charge in [0, 0.05) is 19.1 Å². The molecule has 0 aromatic carbocycles. The highest BCUT2D eigenvalue weighted by Gasteiger charge is 2.56. The van der Waals surface area contributed by atoms with Crippen molar-refractivity contribution in [3.8, 4) is 0 Å². The Kier molecular flexibility index (Phi) is 5.79. The third-order valence-corrected chi connectivity index (χ3v) is 5.82. The second kappa shape index (κ2) is 7.81. The van der Waals surface area contributed by atoms with E-state index < -0.39 is 47.9 Å². The number of carbonyl (C=O) groups excluding carboxylic acids is 2. The van der Waals surface area contributed by atoms with Gasteiger partial charge in [0.05, 0.1) is 18.4 Å². The van der Waals surface area contributed by atoms with Gasteiger partial charge in [0.25, 0.3) is 0 Å². The highest BCUT2D eigenvalue weighted by molar-refractivity contribution is 5.87. The summed E-state index contributed by atoms with van der Waals surface area (Å²) in [6.07, 6.45) is 3.92. The van der Waals surface area contributed by atoms with E-state index in [9.17, 15) is 14.7 Å². The van der Waals surface area contributed by atoms with Gasteiger partial charge in [0.1, 0.15) is 18.3 Å². The first-order valence-corrected chi connectivity index (χ1v) is 9.51. The number of rotatable bonds is 4. The lowest BCUT2D eigenvalue weighted by atomic mass is 9.80. The number of methoxy groups -OCH3 is 1. The van der Waals surface area contributed by atoms with E-state index in [1.54, 1.807) is 27.0 Å². The summed E-state index contributed by atoms with van der Waals surface area (Å²) in [5.74, 6) is -3.32. The molecule has 1 saturated heterocycles. The molecule has 0 aliphatic carbocycles. The summed E-state index contributed by atoms with van der Waals surface area (Å²) in [5, 5.41) is 9.87. The Balaban J connectivity index is 2.06. The van der Waals surface area contributed by atoms with Crippen molar-refractivity contribution in [2.45, 2.75) is 58.2 Å². The van der Waals surface area contributed by atoms with Crippen molar-refractivity contribution in [3.05, 3.63) is 34.9 Å². The van der Waals surface area contributed by atoms with E-state index in [1.165, 1.54) is 0 Å². The molecule has 154 valence electrons. The molecule has 0 saturated carbocycles. The fraction of sp³-hybridized carbons (Fsp3) is 0.619. The number of ether oxygens (including phenoxy) is 4. The maximum Gasteiger partial charge on any atom is 0.333 e. The van der Waals surface area contributed by atoms with Gasteiger partial charge in [-0.2, -0.15) is 0 Å². The van der Waals surface area contributed by atoms with Crippen LogP contribution in [0.1, 0.15) is 34.1 Å². The minimum absolute atomic E-state index is 0.380. The molecule has 0 unspecified atom stereocenters. The number of hydrogen-bond acceptors (Lipinski definition) is 7. The Morgan fingerprint density at radius 2 is 2.11 bits per heavy atom. The lowest BCUT2D eigenvalue weighted by molar-refractivity contribution is -0.189. The van der Waals surface area contributed by atoms with Gasteiger partial charge in [-0.05, 0) is 45.4 Å². The zero-order valence-electron chi connectivity index (χ0n) is 16.9. The van der Waals surface area contributed by atoms with Gasteiger partial charge < -0.3 is 24.1 Å². The molecule has 3 aliphatic heterocycles. The molecule has 1 N–H and O–H groups in total. The molecule has 0 radical (unpaired) electrons. The smallest absolute Gasteiger partial charge is 0.333 e. The number of carbonyl (C=O) groups is 2. The summed E-state index contributed by atoms with van der Waals surface area (Å²) in [6, 6.07) is 0. The fourth-order valence-corrected chi connectivity index (χ4v) is 4.23. The second-order valence-corrected chi connectivity index (χ2v) is 7.73. The second-order valence-electron chi connectivity index (χ2n) is 7.73. The van der Waals surface area contributed by atoms with Crippen molar-refractivity contribution in [2.24, 2.45) is 11.8 Å². The average molecular weight is 392 g/mol. The van der Waals surface area contributed by atoms with E-state index in [4.69, 9.17) is 18.9 Å². The third-order valence-electron chi connectivity index (χ3n) is 5.82. The number of hydrogen-bond donors (Lipinski definition) is 1. The van der Waals surface area contributed by atoms with Crippen LogP contribution in [0.15, 0.2) is 34.9 Å². The highest BCUT2D eigenvalue weighted by Crippen LogP contribution is 2.45. The largest absolute Gasteiger partial charge is 0.458 e. The Hall–Kier alpha value is -1.96. The monoisotopic (exact) mass is 392 g/mol. The van der Waals surface area contributed by atoms with E-state index in [2.05, 4.69) is 0 Å². The van der Waals surface area contributed by atoms with Crippen LogP contribution in [0.3, 0.4) is 0 Å². The number of aliphatic hydroxyl groups is 1. The summed E-state index contributed by atoms with van der Waals surface area (Å²) in [6.45, 7) is 6.84. The highest BCUT2D eigenvalue weighted by atomic mass is 16.7. The number of allylic oxidation sites excluding steroid dienone is 1. The summed E-state index contributed by atoms with van der Waals surface area (Å²) < 4.78 is 23.2. The Bertz CT molecular complexity index is 750. The van der Waals surface area contributed by atoms with Crippen LogP contribution in [0.2, 0.25) is 0 Å². The van der Waals surface area contributed by atoms with Gasteiger partial charge in [-0.3, -0.25) is 4.79 Å². The van der Waals surface area contributed by atoms with Crippen molar-refractivity contribution in [3.63, 3.8) is 0 Å². The van der Waals surface area contributed by atoms with Crippen molar-refractivity contribution in [1.82, 2.24) is 0 Å². The predicted molar refractivity (Wildman–Crippen MR) is 100 cm³/mol. The van der Waals surface area contributed by atoms with Gasteiger partial charge >= 0.3 is 11.9 Å². The molecular weight excluding hydrogens is 364 g/mol. The molecular formula is C21H28O7. The van der Waals surface area contributed by atoms with Gasteiger partial charge in [0.15, 0.2) is 0 Å². The molecule has 0 aromatic heterocycles. The van der Waals surface area contributed by atoms with Crippen LogP contribution < -0.4 is 0 Å². The third kappa shape index (κ3) is 3.54. The van der Waals surface area contributed by atoms with Crippen LogP contribution in [0.25, 0.3) is 0 Å². The van der Waals surface area contributed by atoms with Crippen molar-refractivity contribution < 1.29 is 33.6 Å². The van der Waals surface area contributed by atoms with E-state index in [1.807, 2.05) is 26.0 Å². The normalized spacial score (nSPS) is 39.7. The Morgan fingerprint density at radius 1 is 1.39 bits per heavy atom. The minimum atomic E-state index is -1.05. The zero-order chi connectivity index (χ0) is 20.6. The van der Waals surface area contributed by atoms with Gasteiger partial charge in [-0.1, -0.05) is 11.6 Å². The Morgan fingerprint density at radius 3 is 2.71 bits per heavy atom. The van der Waals surface area contributed by atoms with E-state index >= 15 is 0 Å². The van der Waals surface area contributed by atoms with Crippen molar-refractivity contribution >= 4 is 11.9 Å². The topological polar surface area (TPSA) is 91.3 Å². The molecule has 0 aromatic rings. The number of fused-ring (bicyclic) bond motifs is 4. The molecule has 0 spiro atoms. The SMILES string of the molecule is C/C=C(\C)C(=O)O[C@H]1C/C(C)=C\[C@@]2(OC)C=C(C)[C@@H](O2)[C@H]2OC(=O)[C@@H](CO)[C@@H]21. The minimum Gasteiger partial charge on any atom is -0.458 e. The molecule has 6 atom stereocenters. The first-order valence-electron chi connectivity index (χ1n) is 9.51. The molecule has 7 heteroatoms. The van der Waals surface area contributed by atoms with Crippen molar-refractivity contribution in [1.29, 1.82) is 0 Å². The van der Waals surface area contributed by atoms with E-state index in [0.29, 0.717) is 12.0 Å². The number of aliphatic hydroxyl groups excluding tert-OH is 1. The van der Waals surface area contributed by atoms with Crippen LogP contribution in [0.5, 0.6) is 0 Å². The molecule has 2 bridgehead atoms. The molecule has 0 amide bonds. The van der Waals surface area contributed by atoms with E-state index in [0.717, 1.165) is 11.1 Å². The van der Waals surface area contributed by atoms with Gasteiger partial charge in [-0.15, -0.1) is 0 Å². The van der Waals surface area contributed by atoms with Gasteiger partial charge in [-0.25, -0.2) is 4.79 Å². The lowest BCUT2D eigenvalue weighted by Crippen LogP contribution is -2.44. The quantitative estimate of drug-likeness (QED) is 0.445. The van der Waals surface area contributed by atoms with Crippen LogP contribution in [0, 0.1) is 11.8 Å². The average Bonchev–Trinajstić information content (AvgIpc) is 3.17. The fourth-order valence-electron chi connectivity index (χ4n) is 4.23. The van der Waals surface area contributed by atoms with Crippen LogP contribution in [-0.2, 0) is 28.5 Å². The summed E-state index contributed by atoms with van der Waals surface area (Å²) in [7, 11) is 1.55. The molecule has 3 aliphatic rings. The molecule has 28 heavy (non-hydrogen) atoms. The van der Waals surface area contributed by atoms with Crippen LogP contribution in [-0.4, -0.2) is 54.9 Å². The number of esters is 2. The maximum absolute atomic E-state index is 12.5. The van der Waals surface area contributed by atoms with Gasteiger partial charge in [0.2, 0.25) is 5.79 Å². The Labute approximate surface area is 165 Å². The lowest BCUT2D eigenvalue weighted by Gasteiger charge is -2.32. The summed E-state index contributed by atoms with van der Waals surface area (Å²) in [5.41, 5.74) is 2.23. The first-order chi connectivity index (χ1) is 13.2. The predicted octanol–water partition coefficient (Wildman–Crippen LogP) is 2.05. The molecule has 3 rings (SSSR count). The van der Waals surface area contributed by atoms with Crippen LogP contribution >= 0.6 is 0 Å². The molecule has 1 fully saturated rings. The first kappa shape index (κ1) is 20.8. The standard InChI is InChI=1S/C21H28O7/c1-6-12(3)19(23)26-15-7-11(2)8-21(25-5)9-13(4)17(28-21)18-16(15)14(10-22)20(24)27-18/h6,8-9,14-18,22H,7,10H2,1-5H3/b11-8-,12-6+/t14-,15-,16+,17+,18-,21-/m0/s1. The summed E-state index contributed by atoms with van der Waals surface area (Å²) >= 11 is 0. The van der Waals surface area contributed by atoms with Crippen LogP contribution in [0.4, 0.5) is 0 Å². The molecule has 7 nitrogen and oxygen atoms in total. The zero-order valence-corrected chi connectivity index (χ0v) is 16.9. The maximum atomic E-state index is 12.5. The summed E-state index contributed by atoms with van der Waals surface area (Å²) in [4.78, 5) is 24.9. The molecule has 3 heterocycles. The van der Waals surface area contributed by atoms with Crippen molar-refractivity contribution in [2.75, 3.05) is 13.7 Å². The van der Waals surface area contributed by atoms with E-state index in [-0.39, 0.29) is 6.61 Å².